The number of hydrogen-bond donors (Lipinski definition) is 0. The van der Waals surface area contributed by atoms with Crippen LogP contribution in [0.15, 0.2) is 30.3 Å². The van der Waals surface area contributed by atoms with Crippen molar-refractivity contribution in [2.75, 3.05) is 0 Å². The van der Waals surface area contributed by atoms with Gasteiger partial charge < -0.3 is 4.74 Å². The quantitative estimate of drug-likeness (QED) is 0.810. The molecule has 1 aromatic carbocycles. The number of ether oxygens (including phenoxy) is 1. The van der Waals surface area contributed by atoms with Gasteiger partial charge in [-0.15, -0.1) is 0 Å². The van der Waals surface area contributed by atoms with Crippen molar-refractivity contribution < 1.29 is 9.53 Å². The molecule has 0 saturated heterocycles. The van der Waals surface area contributed by atoms with E-state index < -0.39 is 0 Å². The molecule has 1 aliphatic carbocycles. The van der Waals surface area contributed by atoms with Crippen LogP contribution in [0.4, 0.5) is 0 Å². The number of ketones is 1. The lowest BCUT2D eigenvalue weighted by molar-refractivity contribution is -0.116. The number of benzene rings is 1. The first-order chi connectivity index (χ1) is 8.85. The van der Waals surface area contributed by atoms with Crippen molar-refractivity contribution in [1.82, 2.24) is 0 Å². The van der Waals surface area contributed by atoms with Crippen LogP contribution in [0.25, 0.3) is 5.57 Å². The second-order valence-electron chi connectivity index (χ2n) is 6.35. The van der Waals surface area contributed by atoms with E-state index in [-0.39, 0.29) is 17.3 Å². The van der Waals surface area contributed by atoms with Gasteiger partial charge in [-0.3, -0.25) is 4.79 Å². The molecule has 2 nitrogen and oxygen atoms in total. The van der Waals surface area contributed by atoms with E-state index >= 15 is 0 Å². The minimum atomic E-state index is 0.0517. The zero-order valence-electron chi connectivity index (χ0n) is 12.2. The SMILES string of the molecule is CC(C)Oc1cccc(C2=CC(=O)CC(C)(C)C2)c1. The van der Waals surface area contributed by atoms with Gasteiger partial charge >= 0.3 is 0 Å². The molecule has 2 heteroatoms. The van der Waals surface area contributed by atoms with E-state index in [1.165, 1.54) is 0 Å². The van der Waals surface area contributed by atoms with Crippen LogP contribution in [-0.2, 0) is 4.79 Å². The first-order valence-corrected chi connectivity index (χ1v) is 6.86. The average molecular weight is 258 g/mol. The Balaban J connectivity index is 2.29. The molecule has 0 unspecified atom stereocenters. The Morgan fingerprint density at radius 2 is 1.95 bits per heavy atom. The minimum Gasteiger partial charge on any atom is -0.491 e. The maximum atomic E-state index is 11.8. The highest BCUT2D eigenvalue weighted by Crippen LogP contribution is 2.38. The highest BCUT2D eigenvalue weighted by Gasteiger charge is 2.27. The van der Waals surface area contributed by atoms with Crippen molar-refractivity contribution in [2.45, 2.75) is 46.6 Å². The fourth-order valence-corrected chi connectivity index (χ4v) is 2.57. The second-order valence-corrected chi connectivity index (χ2v) is 6.35. The van der Waals surface area contributed by atoms with Crippen LogP contribution < -0.4 is 4.74 Å². The molecule has 0 heterocycles. The minimum absolute atomic E-state index is 0.0517. The van der Waals surface area contributed by atoms with E-state index in [0.717, 1.165) is 23.3 Å². The van der Waals surface area contributed by atoms with Crippen molar-refractivity contribution in [3.63, 3.8) is 0 Å². The van der Waals surface area contributed by atoms with Gasteiger partial charge in [-0.2, -0.15) is 0 Å². The largest absolute Gasteiger partial charge is 0.491 e. The van der Waals surface area contributed by atoms with Crippen LogP contribution in [0.2, 0.25) is 0 Å². The molecule has 102 valence electrons. The number of carbonyl (C=O) groups excluding carboxylic acids is 1. The molecule has 2 rings (SSSR count). The van der Waals surface area contributed by atoms with Crippen LogP contribution >= 0.6 is 0 Å². The number of hydrogen-bond acceptors (Lipinski definition) is 2. The third-order valence-electron chi connectivity index (χ3n) is 3.23. The predicted molar refractivity (Wildman–Crippen MR) is 78.2 cm³/mol. The summed E-state index contributed by atoms with van der Waals surface area (Å²) in [6.07, 6.45) is 3.52. The van der Waals surface area contributed by atoms with Crippen molar-refractivity contribution in [2.24, 2.45) is 5.41 Å². The monoisotopic (exact) mass is 258 g/mol. The molecule has 1 aromatic rings. The zero-order valence-corrected chi connectivity index (χ0v) is 12.2. The molecule has 1 aliphatic rings. The topological polar surface area (TPSA) is 26.3 Å². The average Bonchev–Trinajstić information content (AvgIpc) is 2.25. The van der Waals surface area contributed by atoms with Gasteiger partial charge in [0.1, 0.15) is 5.75 Å². The Morgan fingerprint density at radius 3 is 2.58 bits per heavy atom. The number of rotatable bonds is 3. The molecule has 0 fully saturated rings. The standard InChI is InChI=1S/C17H22O2/c1-12(2)19-16-7-5-6-13(9-16)14-8-15(18)11-17(3,4)10-14/h5-9,12H,10-11H2,1-4H3. The lowest BCUT2D eigenvalue weighted by Gasteiger charge is -2.29. The van der Waals surface area contributed by atoms with E-state index in [1.54, 1.807) is 6.08 Å². The maximum absolute atomic E-state index is 11.8. The Bertz CT molecular complexity index is 510. The zero-order chi connectivity index (χ0) is 14.0. The molecule has 0 bridgehead atoms. The van der Waals surface area contributed by atoms with Crippen molar-refractivity contribution in [3.8, 4) is 5.75 Å². The van der Waals surface area contributed by atoms with Crippen molar-refractivity contribution in [3.05, 3.63) is 35.9 Å². The molecule has 0 saturated carbocycles. The summed E-state index contributed by atoms with van der Waals surface area (Å²) in [7, 11) is 0. The van der Waals surface area contributed by atoms with Gasteiger partial charge in [0.25, 0.3) is 0 Å². The molecule has 19 heavy (non-hydrogen) atoms. The van der Waals surface area contributed by atoms with Gasteiger partial charge in [-0.1, -0.05) is 26.0 Å². The Kier molecular flexibility index (Phi) is 3.79. The smallest absolute Gasteiger partial charge is 0.156 e. The summed E-state index contributed by atoms with van der Waals surface area (Å²) < 4.78 is 5.71. The molecule has 0 spiro atoms. The first-order valence-electron chi connectivity index (χ1n) is 6.86. The molecular weight excluding hydrogens is 236 g/mol. The molecule has 0 radical (unpaired) electrons. The van der Waals surface area contributed by atoms with Crippen molar-refractivity contribution >= 4 is 11.4 Å². The molecule has 0 atom stereocenters. The summed E-state index contributed by atoms with van der Waals surface area (Å²) in [5.74, 6) is 1.09. The second kappa shape index (κ2) is 5.20. The molecule has 0 aromatic heterocycles. The maximum Gasteiger partial charge on any atom is 0.156 e. The van der Waals surface area contributed by atoms with Gasteiger partial charge in [-0.25, -0.2) is 0 Å². The highest BCUT2D eigenvalue weighted by molar-refractivity contribution is 5.99. The summed E-state index contributed by atoms with van der Waals surface area (Å²) in [6.45, 7) is 8.32. The van der Waals surface area contributed by atoms with E-state index in [1.807, 2.05) is 38.1 Å². The summed E-state index contributed by atoms with van der Waals surface area (Å²) in [4.78, 5) is 11.8. The Labute approximate surface area is 115 Å². The van der Waals surface area contributed by atoms with Crippen LogP contribution in [0.1, 0.15) is 46.1 Å². The summed E-state index contributed by atoms with van der Waals surface area (Å²) in [5, 5.41) is 0. The fourth-order valence-electron chi connectivity index (χ4n) is 2.57. The van der Waals surface area contributed by atoms with E-state index in [2.05, 4.69) is 13.8 Å². The first kappa shape index (κ1) is 13.9. The van der Waals surface area contributed by atoms with Gasteiger partial charge in [0, 0.05) is 6.42 Å². The molecule has 0 N–H and O–H groups in total. The van der Waals surface area contributed by atoms with Crippen LogP contribution in [0, 0.1) is 5.41 Å². The van der Waals surface area contributed by atoms with Crippen LogP contribution in [0.5, 0.6) is 5.75 Å². The van der Waals surface area contributed by atoms with Crippen LogP contribution in [-0.4, -0.2) is 11.9 Å². The van der Waals surface area contributed by atoms with Crippen LogP contribution in [0.3, 0.4) is 0 Å². The normalized spacial score (nSPS) is 18.4. The third-order valence-corrected chi connectivity index (χ3v) is 3.23. The molecule has 0 aliphatic heterocycles. The lowest BCUT2D eigenvalue weighted by atomic mass is 9.75. The number of carbonyl (C=O) groups is 1. The van der Waals surface area contributed by atoms with E-state index in [9.17, 15) is 4.79 Å². The summed E-state index contributed by atoms with van der Waals surface area (Å²) in [5.41, 5.74) is 2.27. The lowest BCUT2D eigenvalue weighted by Crippen LogP contribution is -2.21. The Hall–Kier alpha value is -1.57. The highest BCUT2D eigenvalue weighted by atomic mass is 16.5. The van der Waals surface area contributed by atoms with Gasteiger partial charge in [0.15, 0.2) is 5.78 Å². The molecular formula is C17H22O2. The van der Waals surface area contributed by atoms with E-state index in [4.69, 9.17) is 4.74 Å². The fraction of sp³-hybridized carbons (Fsp3) is 0.471. The summed E-state index contributed by atoms with van der Waals surface area (Å²) in [6, 6.07) is 8.02. The summed E-state index contributed by atoms with van der Waals surface area (Å²) >= 11 is 0. The van der Waals surface area contributed by atoms with E-state index in [0.29, 0.717) is 6.42 Å². The predicted octanol–water partition coefficient (Wildman–Crippen LogP) is 4.25. The van der Waals surface area contributed by atoms with Gasteiger partial charge in [0.05, 0.1) is 6.10 Å². The molecule has 0 amide bonds. The van der Waals surface area contributed by atoms with Gasteiger partial charge in [0.2, 0.25) is 0 Å². The van der Waals surface area contributed by atoms with Crippen molar-refractivity contribution in [1.29, 1.82) is 0 Å². The number of allylic oxidation sites excluding steroid dienone is 2. The third kappa shape index (κ3) is 3.69. The van der Waals surface area contributed by atoms with Gasteiger partial charge in [-0.05, 0) is 55.0 Å². The Morgan fingerprint density at radius 1 is 1.21 bits per heavy atom.